The van der Waals surface area contributed by atoms with E-state index in [9.17, 15) is 10.1 Å². The first kappa shape index (κ1) is 25.3. The average molecular weight is 447 g/mol. The smallest absolute Gasteiger partial charge is 0.269 e. The van der Waals surface area contributed by atoms with Crippen molar-refractivity contribution in [2.75, 3.05) is 34.9 Å². The molecule has 176 valence electrons. The molecule has 8 heteroatoms. The summed E-state index contributed by atoms with van der Waals surface area (Å²) in [4.78, 5) is 12.8. The van der Waals surface area contributed by atoms with Crippen molar-refractivity contribution in [2.45, 2.75) is 45.3 Å². The van der Waals surface area contributed by atoms with Crippen LogP contribution in [0.1, 0.15) is 32.3 Å². The van der Waals surface area contributed by atoms with E-state index >= 15 is 0 Å². The predicted molar refractivity (Wildman–Crippen MR) is 124 cm³/mol. The largest absolute Gasteiger partial charge is 0.493 e. The second-order valence-electron chi connectivity index (χ2n) is 7.56. The second-order valence-corrected chi connectivity index (χ2v) is 7.56. The van der Waals surface area contributed by atoms with Gasteiger partial charge in [-0.2, -0.15) is 0 Å². The van der Waals surface area contributed by atoms with Gasteiger partial charge in [0.15, 0.2) is 11.5 Å². The van der Waals surface area contributed by atoms with Crippen molar-refractivity contribution < 1.29 is 23.9 Å². The fraction of sp³-hybridized carbons (Fsp3) is 0.500. The minimum Gasteiger partial charge on any atom is -0.493 e. The summed E-state index contributed by atoms with van der Waals surface area (Å²) in [5.74, 6) is 2.51. The molecule has 2 unspecified atom stereocenters. The van der Waals surface area contributed by atoms with E-state index in [1.165, 1.54) is 12.1 Å². The van der Waals surface area contributed by atoms with Crippen molar-refractivity contribution in [1.82, 2.24) is 4.90 Å². The van der Waals surface area contributed by atoms with Crippen molar-refractivity contribution in [3.63, 3.8) is 0 Å². The lowest BCUT2D eigenvalue weighted by molar-refractivity contribution is -0.384. The highest BCUT2D eigenvalue weighted by Gasteiger charge is 2.25. The van der Waals surface area contributed by atoms with Crippen LogP contribution in [0.4, 0.5) is 5.69 Å². The van der Waals surface area contributed by atoms with E-state index in [2.05, 4.69) is 25.8 Å². The summed E-state index contributed by atoms with van der Waals surface area (Å²) in [5, 5.41) is 10.9. The molecule has 0 saturated heterocycles. The van der Waals surface area contributed by atoms with Crippen molar-refractivity contribution in [3.8, 4) is 23.0 Å². The van der Waals surface area contributed by atoms with Gasteiger partial charge in [0.25, 0.3) is 5.69 Å². The Morgan fingerprint density at radius 1 is 0.969 bits per heavy atom. The first-order valence-electron chi connectivity index (χ1n) is 10.8. The summed E-state index contributed by atoms with van der Waals surface area (Å²) in [7, 11) is 6.91. The number of benzene rings is 2. The van der Waals surface area contributed by atoms with Gasteiger partial charge < -0.3 is 18.9 Å². The molecule has 8 nitrogen and oxygen atoms in total. The first-order valence-corrected chi connectivity index (χ1v) is 10.8. The van der Waals surface area contributed by atoms with Crippen LogP contribution in [0.25, 0.3) is 0 Å². The number of rotatable bonds is 13. The van der Waals surface area contributed by atoms with E-state index in [1.54, 1.807) is 33.5 Å². The number of nitrogens with zero attached hydrogens (tertiary/aromatic N) is 2. The summed E-state index contributed by atoms with van der Waals surface area (Å²) in [6.07, 6.45) is 2.50. The highest BCUT2D eigenvalue weighted by atomic mass is 16.6. The van der Waals surface area contributed by atoms with Crippen LogP contribution in [0, 0.1) is 10.1 Å². The SMILES string of the molecule is CCC(Oc1ccc([N+](=O)[O-])cc1)C(CC)N(C)CCc1cc(OC)c(OC)c(OC)c1. The zero-order valence-corrected chi connectivity index (χ0v) is 19.8. The van der Waals surface area contributed by atoms with Crippen LogP contribution < -0.4 is 18.9 Å². The van der Waals surface area contributed by atoms with Gasteiger partial charge in [0, 0.05) is 24.7 Å². The van der Waals surface area contributed by atoms with Crippen LogP contribution in [0.3, 0.4) is 0 Å². The normalized spacial score (nSPS) is 12.8. The van der Waals surface area contributed by atoms with Gasteiger partial charge in [-0.25, -0.2) is 0 Å². The minimum atomic E-state index is -0.410. The lowest BCUT2D eigenvalue weighted by atomic mass is 10.0. The molecule has 2 atom stereocenters. The fourth-order valence-corrected chi connectivity index (χ4v) is 3.86. The Labute approximate surface area is 190 Å². The van der Waals surface area contributed by atoms with Gasteiger partial charge >= 0.3 is 0 Å². The quantitative estimate of drug-likeness (QED) is 0.325. The van der Waals surface area contributed by atoms with Crippen LogP contribution in [-0.4, -0.2) is 56.9 Å². The third kappa shape index (κ3) is 6.26. The lowest BCUT2D eigenvalue weighted by Gasteiger charge is -2.34. The van der Waals surface area contributed by atoms with E-state index < -0.39 is 4.92 Å². The number of nitro benzene ring substituents is 1. The zero-order valence-electron chi connectivity index (χ0n) is 19.8. The van der Waals surface area contributed by atoms with Gasteiger partial charge in [0.1, 0.15) is 11.9 Å². The van der Waals surface area contributed by atoms with Crippen LogP contribution in [0.2, 0.25) is 0 Å². The number of methoxy groups -OCH3 is 3. The van der Waals surface area contributed by atoms with Crippen LogP contribution >= 0.6 is 0 Å². The summed E-state index contributed by atoms with van der Waals surface area (Å²) >= 11 is 0. The molecule has 0 N–H and O–H groups in total. The monoisotopic (exact) mass is 446 g/mol. The third-order valence-electron chi connectivity index (χ3n) is 5.63. The summed E-state index contributed by atoms with van der Waals surface area (Å²) in [6, 6.07) is 10.4. The number of hydrogen-bond acceptors (Lipinski definition) is 7. The number of hydrogen-bond donors (Lipinski definition) is 0. The van der Waals surface area contributed by atoms with E-state index in [0.29, 0.717) is 23.0 Å². The molecule has 0 aliphatic carbocycles. The zero-order chi connectivity index (χ0) is 23.7. The molecule has 0 bridgehead atoms. The van der Waals surface area contributed by atoms with Gasteiger partial charge in [-0.1, -0.05) is 13.8 Å². The fourth-order valence-electron chi connectivity index (χ4n) is 3.86. The highest BCUT2D eigenvalue weighted by molar-refractivity contribution is 5.53. The van der Waals surface area contributed by atoms with Gasteiger partial charge in [0.2, 0.25) is 5.75 Å². The van der Waals surface area contributed by atoms with Crippen molar-refractivity contribution >= 4 is 5.69 Å². The van der Waals surface area contributed by atoms with Crippen molar-refractivity contribution in [2.24, 2.45) is 0 Å². The number of non-ortho nitro benzene ring substituents is 1. The van der Waals surface area contributed by atoms with Gasteiger partial charge in [-0.3, -0.25) is 15.0 Å². The molecule has 0 heterocycles. The molecule has 0 saturated carbocycles. The third-order valence-corrected chi connectivity index (χ3v) is 5.63. The van der Waals surface area contributed by atoms with Gasteiger partial charge in [-0.05, 0) is 56.1 Å². The van der Waals surface area contributed by atoms with Crippen LogP contribution in [0.15, 0.2) is 36.4 Å². The molecule has 2 rings (SSSR count). The van der Waals surface area contributed by atoms with E-state index in [1.807, 2.05) is 12.1 Å². The van der Waals surface area contributed by atoms with Gasteiger partial charge in [-0.15, -0.1) is 0 Å². The molecular weight excluding hydrogens is 412 g/mol. The lowest BCUT2D eigenvalue weighted by Crippen LogP contribution is -2.44. The van der Waals surface area contributed by atoms with Crippen LogP contribution in [0.5, 0.6) is 23.0 Å². The molecule has 0 radical (unpaired) electrons. The standard InChI is InChI=1S/C24H34N2O6/c1-7-20(21(8-2)32-19-11-9-18(10-12-19)26(27)28)25(3)14-13-17-15-22(29-4)24(31-6)23(16-17)30-5/h9-12,15-16,20-21H,7-8,13-14H2,1-6H3. The maximum atomic E-state index is 10.9. The number of likely N-dealkylation sites (N-methyl/N-ethyl adjacent to an activating group) is 1. The van der Waals surface area contributed by atoms with Gasteiger partial charge in [0.05, 0.1) is 26.3 Å². The Kier molecular flexibility index (Phi) is 9.59. The molecule has 0 amide bonds. The molecular formula is C24H34N2O6. The summed E-state index contributed by atoms with van der Waals surface area (Å²) in [6.45, 7) is 5.05. The number of ether oxygens (including phenoxy) is 4. The molecule has 32 heavy (non-hydrogen) atoms. The summed E-state index contributed by atoms with van der Waals surface area (Å²) < 4.78 is 22.5. The van der Waals surface area contributed by atoms with Crippen LogP contribution in [-0.2, 0) is 6.42 Å². The number of nitro groups is 1. The van der Waals surface area contributed by atoms with E-state index in [4.69, 9.17) is 18.9 Å². The topological polar surface area (TPSA) is 83.3 Å². The van der Waals surface area contributed by atoms with Crippen molar-refractivity contribution in [3.05, 3.63) is 52.1 Å². The molecule has 2 aromatic carbocycles. The molecule has 0 aliphatic rings. The van der Waals surface area contributed by atoms with Crippen molar-refractivity contribution in [1.29, 1.82) is 0 Å². The molecule has 0 aromatic heterocycles. The Bertz CT molecular complexity index is 846. The highest BCUT2D eigenvalue weighted by Crippen LogP contribution is 2.38. The van der Waals surface area contributed by atoms with E-state index in [-0.39, 0.29) is 17.8 Å². The summed E-state index contributed by atoms with van der Waals surface area (Å²) in [5.41, 5.74) is 1.14. The first-order chi connectivity index (χ1) is 15.4. The molecule has 0 fully saturated rings. The Morgan fingerprint density at radius 2 is 1.56 bits per heavy atom. The average Bonchev–Trinajstić information content (AvgIpc) is 2.81. The molecule has 0 spiro atoms. The second kappa shape index (κ2) is 12.1. The maximum Gasteiger partial charge on any atom is 0.269 e. The minimum absolute atomic E-state index is 0.0357. The van der Waals surface area contributed by atoms with E-state index in [0.717, 1.165) is 31.4 Å². The Hall–Kier alpha value is -3.00. The predicted octanol–water partition coefficient (Wildman–Crippen LogP) is 4.73. The molecule has 2 aromatic rings. The Balaban J connectivity index is 2.09. The maximum absolute atomic E-state index is 10.9. The molecule has 0 aliphatic heterocycles. The Morgan fingerprint density at radius 3 is 2.00 bits per heavy atom.